The molecule has 1 aromatic heterocycles. The van der Waals surface area contributed by atoms with Crippen molar-refractivity contribution in [1.29, 1.82) is 0 Å². The predicted octanol–water partition coefficient (Wildman–Crippen LogP) is 0.0366. The van der Waals surface area contributed by atoms with Crippen LogP contribution in [0.15, 0.2) is 18.5 Å². The molecule has 2 heterocycles. The Morgan fingerprint density at radius 3 is 2.36 bits per heavy atom. The van der Waals surface area contributed by atoms with Crippen molar-refractivity contribution in [3.63, 3.8) is 0 Å². The van der Waals surface area contributed by atoms with Crippen LogP contribution in [0, 0.1) is 5.92 Å². The van der Waals surface area contributed by atoms with Crippen molar-refractivity contribution in [2.24, 2.45) is 11.7 Å². The van der Waals surface area contributed by atoms with Gasteiger partial charge in [-0.2, -0.15) is 0 Å². The molecule has 0 radical (unpaired) electrons. The second kappa shape index (κ2) is 10.1. The molecule has 3 N–H and O–H groups in total. The summed E-state index contributed by atoms with van der Waals surface area (Å²) in [6.45, 7) is 6.80. The van der Waals surface area contributed by atoms with E-state index >= 15 is 0 Å². The highest BCUT2D eigenvalue weighted by atomic mass is 35.5. The number of nitrogens with one attached hydrogen (secondary N) is 1. The van der Waals surface area contributed by atoms with Gasteiger partial charge in [-0.1, -0.05) is 13.8 Å². The Hall–Kier alpha value is -1.93. The van der Waals surface area contributed by atoms with Gasteiger partial charge >= 0.3 is 0 Å². The highest BCUT2D eigenvalue weighted by Crippen LogP contribution is 2.10. The molecule has 1 aliphatic heterocycles. The first-order valence-corrected chi connectivity index (χ1v) is 8.32. The normalized spacial score (nSPS) is 15.5. The summed E-state index contributed by atoms with van der Waals surface area (Å²) in [5.41, 5.74) is 5.77. The quantitative estimate of drug-likeness (QED) is 0.732. The molecule has 140 valence electrons. The highest BCUT2D eigenvalue weighted by Gasteiger charge is 2.22. The molecular formula is C16H27ClN6O2. The van der Waals surface area contributed by atoms with Crippen LogP contribution < -0.4 is 16.0 Å². The molecule has 25 heavy (non-hydrogen) atoms. The molecule has 2 rings (SSSR count). The van der Waals surface area contributed by atoms with Crippen molar-refractivity contribution in [1.82, 2.24) is 20.2 Å². The molecule has 0 unspecified atom stereocenters. The van der Waals surface area contributed by atoms with E-state index in [2.05, 4.69) is 20.2 Å². The third-order valence-electron chi connectivity index (χ3n) is 4.13. The van der Waals surface area contributed by atoms with E-state index in [0.717, 1.165) is 0 Å². The molecule has 0 saturated carbocycles. The number of anilines is 1. The molecule has 1 fully saturated rings. The Bertz CT molecular complexity index is 549. The lowest BCUT2D eigenvalue weighted by molar-refractivity contribution is -0.131. The number of hydrogen-bond donors (Lipinski definition) is 2. The summed E-state index contributed by atoms with van der Waals surface area (Å²) < 4.78 is 0. The molecule has 0 spiro atoms. The number of piperazine rings is 1. The molecule has 8 nitrogen and oxygen atoms in total. The fourth-order valence-electron chi connectivity index (χ4n) is 2.48. The Labute approximate surface area is 154 Å². The Balaban J connectivity index is 0.00000312. The van der Waals surface area contributed by atoms with Gasteiger partial charge < -0.3 is 20.9 Å². The molecule has 0 aliphatic carbocycles. The van der Waals surface area contributed by atoms with Crippen molar-refractivity contribution in [2.75, 3.05) is 37.6 Å². The summed E-state index contributed by atoms with van der Waals surface area (Å²) in [7, 11) is 0. The first-order valence-electron chi connectivity index (χ1n) is 8.32. The summed E-state index contributed by atoms with van der Waals surface area (Å²) >= 11 is 0. The third-order valence-corrected chi connectivity index (χ3v) is 4.13. The topological polar surface area (TPSA) is 104 Å². The van der Waals surface area contributed by atoms with E-state index in [9.17, 15) is 9.59 Å². The number of nitrogens with two attached hydrogens (primary N) is 1. The molecule has 1 aliphatic rings. The molecule has 0 aromatic carbocycles. The maximum Gasteiger partial charge on any atom is 0.237 e. The fraction of sp³-hybridized carbons (Fsp3) is 0.625. The largest absolute Gasteiger partial charge is 0.354 e. The number of hydrogen-bond acceptors (Lipinski definition) is 6. The van der Waals surface area contributed by atoms with Gasteiger partial charge in [-0.25, -0.2) is 9.97 Å². The van der Waals surface area contributed by atoms with Gasteiger partial charge in [0.05, 0.1) is 6.04 Å². The van der Waals surface area contributed by atoms with Crippen LogP contribution in [0.1, 0.15) is 20.3 Å². The van der Waals surface area contributed by atoms with Gasteiger partial charge in [0, 0.05) is 51.5 Å². The van der Waals surface area contributed by atoms with E-state index < -0.39 is 6.04 Å². The summed E-state index contributed by atoms with van der Waals surface area (Å²) in [4.78, 5) is 36.3. The molecule has 1 atom stereocenters. The number of rotatable bonds is 6. The van der Waals surface area contributed by atoms with E-state index in [1.54, 1.807) is 18.5 Å². The Morgan fingerprint density at radius 2 is 1.80 bits per heavy atom. The van der Waals surface area contributed by atoms with Gasteiger partial charge in [0.2, 0.25) is 17.8 Å². The van der Waals surface area contributed by atoms with Crippen LogP contribution in [0.4, 0.5) is 5.95 Å². The second-order valence-electron chi connectivity index (χ2n) is 6.23. The van der Waals surface area contributed by atoms with Crippen molar-refractivity contribution in [3.8, 4) is 0 Å². The van der Waals surface area contributed by atoms with Gasteiger partial charge in [-0.15, -0.1) is 12.4 Å². The minimum Gasteiger partial charge on any atom is -0.354 e. The maximum absolute atomic E-state index is 12.2. The van der Waals surface area contributed by atoms with Gasteiger partial charge in [0.1, 0.15) is 0 Å². The average Bonchev–Trinajstić information content (AvgIpc) is 2.61. The lowest BCUT2D eigenvalue weighted by Crippen LogP contribution is -2.50. The maximum atomic E-state index is 12.2. The van der Waals surface area contributed by atoms with Crippen molar-refractivity contribution >= 4 is 30.2 Å². The number of halogens is 1. The van der Waals surface area contributed by atoms with E-state index in [1.165, 1.54) is 0 Å². The van der Waals surface area contributed by atoms with E-state index in [-0.39, 0.29) is 30.1 Å². The predicted molar refractivity (Wildman–Crippen MR) is 98.5 cm³/mol. The molecule has 1 saturated heterocycles. The minimum absolute atomic E-state index is 0. The van der Waals surface area contributed by atoms with Crippen LogP contribution >= 0.6 is 12.4 Å². The summed E-state index contributed by atoms with van der Waals surface area (Å²) in [5, 5.41) is 2.73. The lowest BCUT2D eigenvalue weighted by Gasteiger charge is -2.34. The standard InChI is InChI=1S/C16H26N6O2.ClH/c1-12(2)14(17)15(24)18-7-4-13(23)21-8-10-22(11-9-21)16-19-5-3-6-20-16;/h3,5-6,12,14H,4,7-11,17H2,1-2H3,(H,18,24);1H/t14-;/m0./s1. The minimum atomic E-state index is -0.533. The van der Waals surface area contributed by atoms with Crippen LogP contribution in [-0.2, 0) is 9.59 Å². The molecule has 9 heteroatoms. The zero-order valence-electron chi connectivity index (χ0n) is 14.7. The average molecular weight is 371 g/mol. The third kappa shape index (κ3) is 6.13. The first kappa shape index (κ1) is 21.1. The number of carbonyl (C=O) groups excluding carboxylic acids is 2. The van der Waals surface area contributed by atoms with Crippen molar-refractivity contribution < 1.29 is 9.59 Å². The summed E-state index contributed by atoms with van der Waals surface area (Å²) in [6, 6.07) is 1.25. The van der Waals surface area contributed by atoms with Crippen molar-refractivity contribution in [2.45, 2.75) is 26.3 Å². The summed E-state index contributed by atoms with van der Waals surface area (Å²) in [6.07, 6.45) is 3.72. The van der Waals surface area contributed by atoms with Crippen LogP contribution in [0.5, 0.6) is 0 Å². The zero-order chi connectivity index (χ0) is 17.5. The zero-order valence-corrected chi connectivity index (χ0v) is 15.5. The smallest absolute Gasteiger partial charge is 0.237 e. The van der Waals surface area contributed by atoms with Crippen LogP contribution in [0.2, 0.25) is 0 Å². The molecule has 1 aromatic rings. The Morgan fingerprint density at radius 1 is 1.20 bits per heavy atom. The van der Waals surface area contributed by atoms with Gasteiger partial charge in [0.25, 0.3) is 0 Å². The second-order valence-corrected chi connectivity index (χ2v) is 6.23. The van der Waals surface area contributed by atoms with Gasteiger partial charge in [-0.3, -0.25) is 9.59 Å². The van der Waals surface area contributed by atoms with E-state index in [4.69, 9.17) is 5.73 Å². The summed E-state index contributed by atoms with van der Waals surface area (Å²) in [5.74, 6) is 0.611. The van der Waals surface area contributed by atoms with Crippen LogP contribution in [-0.4, -0.2) is 65.4 Å². The van der Waals surface area contributed by atoms with Gasteiger partial charge in [-0.05, 0) is 12.0 Å². The SMILES string of the molecule is CC(C)[C@H](N)C(=O)NCCC(=O)N1CCN(c2ncccn2)CC1.Cl. The number of nitrogens with zero attached hydrogens (tertiary/aromatic N) is 4. The lowest BCUT2D eigenvalue weighted by atomic mass is 10.1. The highest BCUT2D eigenvalue weighted by molar-refractivity contribution is 5.85. The fourth-order valence-corrected chi connectivity index (χ4v) is 2.48. The molecule has 0 bridgehead atoms. The van der Waals surface area contributed by atoms with E-state index in [0.29, 0.717) is 45.1 Å². The van der Waals surface area contributed by atoms with Crippen LogP contribution in [0.25, 0.3) is 0 Å². The van der Waals surface area contributed by atoms with Gasteiger partial charge in [0.15, 0.2) is 0 Å². The number of amides is 2. The van der Waals surface area contributed by atoms with E-state index in [1.807, 2.05) is 18.7 Å². The Kier molecular flexibility index (Phi) is 8.57. The first-order chi connectivity index (χ1) is 11.5. The molecular weight excluding hydrogens is 344 g/mol. The van der Waals surface area contributed by atoms with Crippen LogP contribution in [0.3, 0.4) is 0 Å². The van der Waals surface area contributed by atoms with Crippen molar-refractivity contribution in [3.05, 3.63) is 18.5 Å². The number of aromatic nitrogens is 2. The monoisotopic (exact) mass is 370 g/mol. The molecule has 2 amide bonds. The number of carbonyl (C=O) groups is 2.